The van der Waals surface area contributed by atoms with Gasteiger partial charge in [-0.25, -0.2) is 0 Å². The van der Waals surface area contributed by atoms with E-state index in [2.05, 4.69) is 6.66 Å². The molecular formula is C31H53Cl2NO3PRuS+. The van der Waals surface area contributed by atoms with E-state index in [-0.39, 0.29) is 11.0 Å². The molecule has 232 valence electrons. The van der Waals surface area contributed by atoms with Crippen LogP contribution in [-0.4, -0.2) is 61.2 Å². The molecule has 0 saturated heterocycles. The SMILES string of the molecule is CC(C)Oc1ccc(S(=O)(=O)N(C)C)cc1[CH]=[Ru]([Cl])[Cl].C[P+](C1CCCCC1)(C1CCCCC1)C1CCCCC1. The van der Waals surface area contributed by atoms with Gasteiger partial charge in [0.05, 0.1) is 17.0 Å². The summed E-state index contributed by atoms with van der Waals surface area (Å²) in [4.78, 5) is 0.189. The second-order valence-electron chi connectivity index (χ2n) is 12.6. The van der Waals surface area contributed by atoms with Gasteiger partial charge in [-0.3, -0.25) is 0 Å². The van der Waals surface area contributed by atoms with Crippen molar-refractivity contribution >= 4 is 41.3 Å². The van der Waals surface area contributed by atoms with Crippen LogP contribution in [0, 0.1) is 0 Å². The molecular weight excluding hydrogens is 669 g/mol. The second kappa shape index (κ2) is 16.5. The number of benzene rings is 1. The zero-order valence-corrected chi connectivity index (χ0v) is 30.3. The summed E-state index contributed by atoms with van der Waals surface area (Å²) in [5.74, 6) is 0.581. The Kier molecular flexibility index (Phi) is 14.4. The predicted octanol–water partition coefficient (Wildman–Crippen LogP) is 9.43. The van der Waals surface area contributed by atoms with Gasteiger partial charge >= 0.3 is 133 Å². The van der Waals surface area contributed by atoms with E-state index in [1.807, 2.05) is 13.8 Å². The fraction of sp³-hybridized carbons (Fsp3) is 0.774. The average molecular weight is 723 g/mol. The Morgan fingerprint density at radius 2 is 1.27 bits per heavy atom. The Hall–Kier alpha value is 0.433. The molecule has 3 fully saturated rings. The Labute approximate surface area is 259 Å². The van der Waals surface area contributed by atoms with Crippen molar-refractivity contribution in [1.82, 2.24) is 4.31 Å². The van der Waals surface area contributed by atoms with Crippen LogP contribution in [0.1, 0.15) is 116 Å². The summed E-state index contributed by atoms with van der Waals surface area (Å²) in [6.07, 6.45) is 23.6. The van der Waals surface area contributed by atoms with Gasteiger partial charge in [-0.2, -0.15) is 0 Å². The van der Waals surface area contributed by atoms with Crippen molar-refractivity contribution in [3.05, 3.63) is 23.8 Å². The molecule has 40 heavy (non-hydrogen) atoms. The first kappa shape index (κ1) is 34.9. The number of hydrogen-bond donors (Lipinski definition) is 0. The van der Waals surface area contributed by atoms with Crippen molar-refractivity contribution in [3.63, 3.8) is 0 Å². The molecule has 0 spiro atoms. The monoisotopic (exact) mass is 722 g/mol. The van der Waals surface area contributed by atoms with Crippen molar-refractivity contribution < 1.29 is 26.7 Å². The molecule has 4 nitrogen and oxygen atoms in total. The molecule has 9 heteroatoms. The van der Waals surface area contributed by atoms with Crippen LogP contribution in [0.4, 0.5) is 0 Å². The summed E-state index contributed by atoms with van der Waals surface area (Å²) in [7, 11) is 10.6. The Morgan fingerprint density at radius 3 is 1.62 bits per heavy atom. The Morgan fingerprint density at radius 1 is 0.850 bits per heavy atom. The molecule has 0 bridgehead atoms. The summed E-state index contributed by atoms with van der Waals surface area (Å²) in [5, 5.41) is 0. The van der Waals surface area contributed by atoms with Crippen LogP contribution in [0.3, 0.4) is 0 Å². The van der Waals surface area contributed by atoms with Crippen LogP contribution in [0.5, 0.6) is 5.75 Å². The van der Waals surface area contributed by atoms with Crippen molar-refractivity contribution in [2.24, 2.45) is 0 Å². The van der Waals surface area contributed by atoms with E-state index in [0.717, 1.165) is 4.31 Å². The van der Waals surface area contributed by atoms with E-state index in [1.165, 1.54) is 56.4 Å². The number of rotatable bonds is 8. The van der Waals surface area contributed by atoms with Crippen LogP contribution in [0.25, 0.3) is 0 Å². The number of hydrogen-bond acceptors (Lipinski definition) is 3. The van der Waals surface area contributed by atoms with E-state index in [1.54, 1.807) is 93.8 Å². The minimum absolute atomic E-state index is 0.0234. The van der Waals surface area contributed by atoms with Gasteiger partial charge in [-0.1, -0.05) is 19.3 Å². The predicted molar refractivity (Wildman–Crippen MR) is 173 cm³/mol. The first-order chi connectivity index (χ1) is 19.0. The largest absolute Gasteiger partial charge is 0.0700 e. The Bertz CT molecular complexity index is 1010. The van der Waals surface area contributed by atoms with Gasteiger partial charge in [0.2, 0.25) is 0 Å². The zero-order valence-electron chi connectivity index (χ0n) is 25.4. The smallest absolute Gasteiger partial charge is 0.0530 e. The molecule has 1 aromatic carbocycles. The molecule has 0 unspecified atom stereocenters. The van der Waals surface area contributed by atoms with Gasteiger partial charge < -0.3 is 0 Å². The first-order valence-corrected chi connectivity index (χ1v) is 24.7. The summed E-state index contributed by atoms with van der Waals surface area (Å²) in [6.45, 7) is 6.66. The summed E-state index contributed by atoms with van der Waals surface area (Å²) in [5.41, 5.74) is 4.16. The quantitative estimate of drug-likeness (QED) is 0.199. The maximum atomic E-state index is 12.1. The van der Waals surface area contributed by atoms with Crippen LogP contribution < -0.4 is 4.74 Å². The van der Waals surface area contributed by atoms with Crippen molar-refractivity contribution in [2.75, 3.05) is 20.8 Å². The maximum Gasteiger partial charge on any atom is 0.0700 e. The van der Waals surface area contributed by atoms with E-state index in [9.17, 15) is 8.42 Å². The molecule has 0 heterocycles. The third-order valence-corrected chi connectivity index (χ3v) is 19.3. The molecule has 4 rings (SSSR count). The standard InChI is InChI=1S/C19H36P.C12H17NO3S.2ClH.Ru/c1-20(17-11-5-2-6-12-17,18-13-7-3-8-14-18)19-15-9-4-10-16-19;1-9(2)16-12-7-6-11(8-10(12)3)17(14,15)13(4)5;;;/h17-19H,2-16H2,1H3;3,6-9H,1-2,4-5H3;2*1H;/q+1;;;;+2/p-2. The molecule has 3 aliphatic carbocycles. The van der Waals surface area contributed by atoms with E-state index < -0.39 is 30.8 Å². The van der Waals surface area contributed by atoms with Gasteiger partial charge in [0, 0.05) is 13.9 Å². The fourth-order valence-corrected chi connectivity index (χ4v) is 16.2. The summed E-state index contributed by atoms with van der Waals surface area (Å²) >= 11 is -2.08. The van der Waals surface area contributed by atoms with Gasteiger partial charge in [0.25, 0.3) is 0 Å². The number of sulfonamides is 1. The third kappa shape index (κ3) is 9.46. The van der Waals surface area contributed by atoms with E-state index in [4.69, 9.17) is 24.1 Å². The van der Waals surface area contributed by atoms with Crippen LogP contribution in [-0.2, 0) is 23.5 Å². The molecule has 3 saturated carbocycles. The van der Waals surface area contributed by atoms with Gasteiger partial charge in [0.15, 0.2) is 0 Å². The number of halogens is 2. The van der Waals surface area contributed by atoms with E-state index in [0.29, 0.717) is 11.3 Å². The summed E-state index contributed by atoms with van der Waals surface area (Å²) in [6, 6.07) is 4.69. The van der Waals surface area contributed by atoms with Crippen molar-refractivity contribution in [2.45, 2.75) is 138 Å². The Balaban J connectivity index is 0.000000220. The zero-order chi connectivity index (χ0) is 29.3. The fourth-order valence-electron chi connectivity index (χ4n) is 7.23. The molecule has 0 amide bonds. The first-order valence-electron chi connectivity index (χ1n) is 15.4. The molecule has 0 radical (unpaired) electrons. The van der Waals surface area contributed by atoms with E-state index >= 15 is 0 Å². The molecule has 0 atom stereocenters. The minimum atomic E-state index is -3.49. The number of ether oxygens (including phenoxy) is 1. The second-order valence-corrected chi connectivity index (χ2v) is 25.1. The molecule has 0 aliphatic heterocycles. The topological polar surface area (TPSA) is 46.6 Å². The van der Waals surface area contributed by atoms with Crippen LogP contribution in [0.15, 0.2) is 23.1 Å². The maximum absolute atomic E-state index is 12.1. The normalized spacial score (nSPS) is 20.7. The van der Waals surface area contributed by atoms with Gasteiger partial charge in [-0.15, -0.1) is 0 Å². The van der Waals surface area contributed by atoms with Crippen LogP contribution >= 0.6 is 26.6 Å². The third-order valence-electron chi connectivity index (χ3n) is 9.39. The molecule has 1 aromatic rings. The van der Waals surface area contributed by atoms with Crippen molar-refractivity contribution in [3.8, 4) is 5.75 Å². The number of nitrogens with zero attached hydrogens (tertiary/aromatic N) is 1. The van der Waals surface area contributed by atoms with Crippen LogP contribution in [0.2, 0.25) is 0 Å². The summed E-state index contributed by atoms with van der Waals surface area (Å²) < 4.78 is 32.7. The van der Waals surface area contributed by atoms with Crippen molar-refractivity contribution in [1.29, 1.82) is 0 Å². The molecule has 0 aromatic heterocycles. The van der Waals surface area contributed by atoms with Gasteiger partial charge in [-0.05, 0) is 77.0 Å². The van der Waals surface area contributed by atoms with Gasteiger partial charge in [0.1, 0.15) is 0 Å². The molecule has 3 aliphatic rings. The minimum Gasteiger partial charge on any atom is -0.0530 e. The average Bonchev–Trinajstić information content (AvgIpc) is 2.94. The molecule has 0 N–H and O–H groups in total.